The molecular weight excluding hydrogens is 262 g/mol. The molecule has 1 unspecified atom stereocenters. The molecule has 0 saturated carbocycles. The Kier molecular flexibility index (Phi) is 5.69. The van der Waals surface area contributed by atoms with Crippen molar-refractivity contribution in [3.05, 3.63) is 29.8 Å². The zero-order valence-corrected chi connectivity index (χ0v) is 12.5. The average Bonchev–Trinajstić information content (AvgIpc) is 2.36. The SMILES string of the molecule is CCCC(=O)C(CC)NS(=O)(=O)c1ccc(C)cc1. The van der Waals surface area contributed by atoms with E-state index in [0.717, 1.165) is 12.0 Å². The smallest absolute Gasteiger partial charge is 0.241 e. The number of nitrogens with one attached hydrogen (secondary N) is 1. The number of carbonyl (C=O) groups is 1. The van der Waals surface area contributed by atoms with Gasteiger partial charge in [-0.2, -0.15) is 0 Å². The maximum atomic E-state index is 12.2. The van der Waals surface area contributed by atoms with Crippen molar-refractivity contribution in [2.45, 2.75) is 51.0 Å². The summed E-state index contributed by atoms with van der Waals surface area (Å²) in [4.78, 5) is 12.0. The Morgan fingerprint density at radius 1 is 1.21 bits per heavy atom. The molecule has 1 rings (SSSR count). The second kappa shape index (κ2) is 6.82. The molecule has 4 nitrogen and oxygen atoms in total. The first-order valence-electron chi connectivity index (χ1n) is 6.52. The van der Waals surface area contributed by atoms with Crippen LogP contribution in [0.5, 0.6) is 0 Å². The van der Waals surface area contributed by atoms with Gasteiger partial charge in [-0.15, -0.1) is 0 Å². The van der Waals surface area contributed by atoms with Crippen molar-refractivity contribution in [1.82, 2.24) is 4.72 Å². The Hall–Kier alpha value is -1.20. The lowest BCUT2D eigenvalue weighted by Gasteiger charge is -2.15. The minimum Gasteiger partial charge on any atom is -0.298 e. The fourth-order valence-corrected chi connectivity index (χ4v) is 3.07. The number of Topliss-reactive ketones (excluding diaryl/α,β-unsaturated/α-hetero) is 1. The van der Waals surface area contributed by atoms with E-state index >= 15 is 0 Å². The molecule has 106 valence electrons. The van der Waals surface area contributed by atoms with E-state index in [2.05, 4.69) is 4.72 Å². The standard InChI is InChI=1S/C14H21NO3S/c1-4-6-14(16)13(5-2)15-19(17,18)12-9-7-11(3)8-10-12/h7-10,13,15H,4-6H2,1-3H3. The minimum atomic E-state index is -3.62. The number of benzene rings is 1. The Morgan fingerprint density at radius 3 is 2.26 bits per heavy atom. The first-order valence-corrected chi connectivity index (χ1v) is 8.00. The summed E-state index contributed by atoms with van der Waals surface area (Å²) in [6, 6.07) is 5.95. The molecule has 0 aliphatic carbocycles. The van der Waals surface area contributed by atoms with Gasteiger partial charge < -0.3 is 0 Å². The van der Waals surface area contributed by atoms with Crippen LogP contribution < -0.4 is 4.72 Å². The number of hydrogen-bond donors (Lipinski definition) is 1. The molecule has 5 heteroatoms. The number of sulfonamides is 1. The molecule has 0 fully saturated rings. The van der Waals surface area contributed by atoms with E-state index in [1.807, 2.05) is 13.8 Å². The van der Waals surface area contributed by atoms with Crippen LogP contribution in [0.4, 0.5) is 0 Å². The largest absolute Gasteiger partial charge is 0.298 e. The van der Waals surface area contributed by atoms with Gasteiger partial charge in [0.15, 0.2) is 5.78 Å². The van der Waals surface area contributed by atoms with E-state index in [1.165, 1.54) is 0 Å². The number of rotatable bonds is 7. The van der Waals surface area contributed by atoms with Gasteiger partial charge in [-0.1, -0.05) is 31.5 Å². The lowest BCUT2D eigenvalue weighted by Crippen LogP contribution is -2.40. The summed E-state index contributed by atoms with van der Waals surface area (Å²) in [7, 11) is -3.62. The molecule has 19 heavy (non-hydrogen) atoms. The van der Waals surface area contributed by atoms with E-state index < -0.39 is 16.1 Å². The van der Waals surface area contributed by atoms with Gasteiger partial charge in [-0.3, -0.25) is 4.79 Å². The zero-order chi connectivity index (χ0) is 14.5. The third kappa shape index (κ3) is 4.44. The second-order valence-corrected chi connectivity index (χ2v) is 6.33. The topological polar surface area (TPSA) is 63.2 Å². The molecule has 1 atom stereocenters. The summed E-state index contributed by atoms with van der Waals surface area (Å²) in [5.41, 5.74) is 0.994. The highest BCUT2D eigenvalue weighted by Crippen LogP contribution is 2.12. The van der Waals surface area contributed by atoms with Gasteiger partial charge in [0.2, 0.25) is 10.0 Å². The monoisotopic (exact) mass is 283 g/mol. The van der Waals surface area contributed by atoms with Gasteiger partial charge in [0, 0.05) is 6.42 Å². The number of ketones is 1. The number of hydrogen-bond acceptors (Lipinski definition) is 3. The highest BCUT2D eigenvalue weighted by Gasteiger charge is 2.23. The number of aryl methyl sites for hydroxylation is 1. The molecule has 0 radical (unpaired) electrons. The third-order valence-corrected chi connectivity index (χ3v) is 4.41. The molecule has 0 aromatic heterocycles. The van der Waals surface area contributed by atoms with Crippen molar-refractivity contribution in [1.29, 1.82) is 0 Å². The first-order chi connectivity index (χ1) is 8.90. The van der Waals surface area contributed by atoms with Crippen LogP contribution in [-0.4, -0.2) is 20.2 Å². The van der Waals surface area contributed by atoms with Crippen LogP contribution in [-0.2, 0) is 14.8 Å². The van der Waals surface area contributed by atoms with Crippen molar-refractivity contribution >= 4 is 15.8 Å². The van der Waals surface area contributed by atoms with Crippen molar-refractivity contribution in [2.24, 2.45) is 0 Å². The molecule has 0 spiro atoms. The number of carbonyl (C=O) groups excluding carboxylic acids is 1. The van der Waals surface area contributed by atoms with Gasteiger partial charge in [-0.05, 0) is 31.9 Å². The lowest BCUT2D eigenvalue weighted by molar-refractivity contribution is -0.120. The summed E-state index contributed by atoms with van der Waals surface area (Å²) < 4.78 is 26.8. The molecular formula is C14H21NO3S. The van der Waals surface area contributed by atoms with E-state index in [4.69, 9.17) is 0 Å². The molecule has 0 aliphatic rings. The third-order valence-electron chi connectivity index (χ3n) is 2.92. The van der Waals surface area contributed by atoms with Gasteiger partial charge in [0.05, 0.1) is 10.9 Å². The minimum absolute atomic E-state index is 0.0549. The molecule has 1 N–H and O–H groups in total. The Labute approximate surface area is 115 Å². The van der Waals surface area contributed by atoms with Crippen LogP contribution in [0.2, 0.25) is 0 Å². The predicted molar refractivity (Wildman–Crippen MR) is 75.5 cm³/mol. The second-order valence-electron chi connectivity index (χ2n) is 4.61. The average molecular weight is 283 g/mol. The van der Waals surface area contributed by atoms with E-state index in [1.54, 1.807) is 31.2 Å². The van der Waals surface area contributed by atoms with Gasteiger partial charge in [0.1, 0.15) is 0 Å². The fraction of sp³-hybridized carbons (Fsp3) is 0.500. The van der Waals surface area contributed by atoms with Gasteiger partial charge in [-0.25, -0.2) is 13.1 Å². The summed E-state index contributed by atoms with van der Waals surface area (Å²) in [5.74, 6) is -0.0549. The Morgan fingerprint density at radius 2 is 1.79 bits per heavy atom. The molecule has 1 aromatic rings. The van der Waals surface area contributed by atoms with Crippen molar-refractivity contribution in [2.75, 3.05) is 0 Å². The van der Waals surface area contributed by atoms with Crippen molar-refractivity contribution in [3.63, 3.8) is 0 Å². The van der Waals surface area contributed by atoms with Crippen LogP contribution in [0.1, 0.15) is 38.7 Å². The molecule has 0 bridgehead atoms. The molecule has 0 aliphatic heterocycles. The first kappa shape index (κ1) is 15.9. The Bertz CT molecular complexity index is 520. The van der Waals surface area contributed by atoms with Crippen LogP contribution in [0, 0.1) is 6.92 Å². The highest BCUT2D eigenvalue weighted by molar-refractivity contribution is 7.89. The molecule has 0 heterocycles. The molecule has 0 saturated heterocycles. The zero-order valence-electron chi connectivity index (χ0n) is 11.6. The highest BCUT2D eigenvalue weighted by atomic mass is 32.2. The molecule has 1 aromatic carbocycles. The van der Waals surface area contributed by atoms with Crippen LogP contribution in [0.25, 0.3) is 0 Å². The predicted octanol–water partition coefficient (Wildman–Crippen LogP) is 2.42. The van der Waals surface area contributed by atoms with Crippen LogP contribution in [0.15, 0.2) is 29.2 Å². The van der Waals surface area contributed by atoms with Gasteiger partial charge in [0.25, 0.3) is 0 Å². The summed E-state index contributed by atoms with van der Waals surface area (Å²) in [6.45, 7) is 5.60. The Balaban J connectivity index is 2.89. The fourth-order valence-electron chi connectivity index (χ4n) is 1.77. The maximum absolute atomic E-state index is 12.2. The lowest BCUT2D eigenvalue weighted by atomic mass is 10.1. The van der Waals surface area contributed by atoms with Crippen LogP contribution in [0.3, 0.4) is 0 Å². The van der Waals surface area contributed by atoms with E-state index in [9.17, 15) is 13.2 Å². The van der Waals surface area contributed by atoms with Crippen molar-refractivity contribution in [3.8, 4) is 0 Å². The van der Waals surface area contributed by atoms with Crippen LogP contribution >= 0.6 is 0 Å². The van der Waals surface area contributed by atoms with E-state index in [-0.39, 0.29) is 10.7 Å². The molecule has 0 amide bonds. The summed E-state index contributed by atoms with van der Waals surface area (Å²) in [6.07, 6.45) is 1.58. The van der Waals surface area contributed by atoms with E-state index in [0.29, 0.717) is 12.8 Å². The normalized spacial score (nSPS) is 13.2. The quantitative estimate of drug-likeness (QED) is 0.836. The summed E-state index contributed by atoms with van der Waals surface area (Å²) >= 11 is 0. The summed E-state index contributed by atoms with van der Waals surface area (Å²) in [5, 5.41) is 0. The van der Waals surface area contributed by atoms with Gasteiger partial charge >= 0.3 is 0 Å². The maximum Gasteiger partial charge on any atom is 0.241 e. The van der Waals surface area contributed by atoms with Crippen molar-refractivity contribution < 1.29 is 13.2 Å².